The number of aliphatic hydroxyl groups excluding tert-OH is 6. The summed E-state index contributed by atoms with van der Waals surface area (Å²) in [5.41, 5.74) is 0. The first kappa shape index (κ1) is 35.1. The summed E-state index contributed by atoms with van der Waals surface area (Å²) in [6.07, 6.45) is 0.225. The van der Waals surface area contributed by atoms with Crippen LogP contribution in [0.15, 0.2) is 0 Å². The molecule has 1 aliphatic heterocycles. The maximum Gasteiger partial charge on any atom is 0.226 e. The van der Waals surface area contributed by atoms with E-state index in [1.807, 2.05) is 0 Å². The van der Waals surface area contributed by atoms with E-state index >= 15 is 0 Å². The molecule has 39 heavy (non-hydrogen) atoms. The average molecular weight is 565 g/mol. The van der Waals surface area contributed by atoms with Crippen molar-refractivity contribution in [3.05, 3.63) is 0 Å². The lowest BCUT2D eigenvalue weighted by Crippen LogP contribution is -2.60. The van der Waals surface area contributed by atoms with Crippen molar-refractivity contribution in [3.8, 4) is 0 Å². The SMILES string of the molecule is O=C(CCN(CCO)CCO)N1CN(C(=O)CCN(CCO)CCO)CN(C(=O)CCN(CCO)CCO)C1. The number of hydrogen-bond donors (Lipinski definition) is 6. The van der Waals surface area contributed by atoms with Gasteiger partial charge in [0.1, 0.15) is 0 Å². The fourth-order valence-corrected chi connectivity index (χ4v) is 4.32. The minimum atomic E-state index is -0.282. The number of carbonyl (C=O) groups excluding carboxylic acids is 3. The van der Waals surface area contributed by atoms with Crippen LogP contribution in [0.2, 0.25) is 0 Å². The minimum Gasteiger partial charge on any atom is -0.395 e. The predicted octanol–water partition coefficient (Wildman–Crippen LogP) is -4.61. The molecule has 1 saturated heterocycles. The average Bonchev–Trinajstić information content (AvgIpc) is 2.93. The zero-order valence-corrected chi connectivity index (χ0v) is 22.9. The van der Waals surface area contributed by atoms with Crippen molar-refractivity contribution in [1.82, 2.24) is 29.4 Å². The van der Waals surface area contributed by atoms with Crippen LogP contribution in [-0.4, -0.2) is 196 Å². The molecule has 1 heterocycles. The predicted molar refractivity (Wildman–Crippen MR) is 141 cm³/mol. The van der Waals surface area contributed by atoms with Crippen molar-refractivity contribution in [1.29, 1.82) is 0 Å². The van der Waals surface area contributed by atoms with Crippen LogP contribution in [-0.2, 0) is 14.4 Å². The van der Waals surface area contributed by atoms with Gasteiger partial charge in [-0.3, -0.25) is 29.1 Å². The molecule has 0 spiro atoms. The molecule has 0 unspecified atom stereocenters. The standard InChI is InChI=1S/C24H48N6O9/c31-13-7-25(8-14-32)4-1-22(37)28-19-29(23(38)2-5-26(9-15-33)10-16-34)21-30(20-28)24(39)3-6-27(11-17-35)12-18-36/h31-36H,1-21H2. The number of rotatable bonds is 21. The third kappa shape index (κ3) is 13.8. The molecule has 15 heteroatoms. The molecule has 0 aromatic heterocycles. The van der Waals surface area contributed by atoms with Crippen molar-refractivity contribution < 1.29 is 45.0 Å². The summed E-state index contributed by atoms with van der Waals surface area (Å²) in [5.74, 6) is -0.846. The molecule has 0 radical (unpaired) electrons. The van der Waals surface area contributed by atoms with Crippen LogP contribution in [0, 0.1) is 0 Å². The molecule has 1 fully saturated rings. The normalized spacial score (nSPS) is 14.2. The summed E-state index contributed by atoms with van der Waals surface area (Å²) in [6.45, 7) is 2.04. The molecule has 0 saturated carbocycles. The zero-order chi connectivity index (χ0) is 29.0. The zero-order valence-electron chi connectivity index (χ0n) is 22.9. The largest absolute Gasteiger partial charge is 0.395 e. The Hall–Kier alpha value is -1.95. The smallest absolute Gasteiger partial charge is 0.226 e. The van der Waals surface area contributed by atoms with E-state index in [9.17, 15) is 45.0 Å². The Labute approximate surface area is 230 Å². The van der Waals surface area contributed by atoms with Gasteiger partial charge in [-0.2, -0.15) is 0 Å². The van der Waals surface area contributed by atoms with E-state index in [2.05, 4.69) is 0 Å². The van der Waals surface area contributed by atoms with Crippen LogP contribution in [0.5, 0.6) is 0 Å². The number of carbonyl (C=O) groups is 3. The highest BCUT2D eigenvalue weighted by molar-refractivity contribution is 5.82. The van der Waals surface area contributed by atoms with Gasteiger partial charge in [-0.15, -0.1) is 0 Å². The summed E-state index contributed by atoms with van der Waals surface area (Å²) in [5, 5.41) is 55.3. The van der Waals surface area contributed by atoms with Crippen LogP contribution >= 0.6 is 0 Å². The number of hydrogen-bond acceptors (Lipinski definition) is 12. The molecule has 15 nitrogen and oxygen atoms in total. The van der Waals surface area contributed by atoms with Crippen molar-refractivity contribution in [2.75, 3.05) is 119 Å². The van der Waals surface area contributed by atoms with Gasteiger partial charge >= 0.3 is 0 Å². The van der Waals surface area contributed by atoms with Crippen LogP contribution in [0.1, 0.15) is 19.3 Å². The molecular formula is C24H48N6O9. The van der Waals surface area contributed by atoms with Gasteiger partial charge in [-0.25, -0.2) is 0 Å². The molecule has 6 N–H and O–H groups in total. The second kappa shape index (κ2) is 20.9. The van der Waals surface area contributed by atoms with Crippen molar-refractivity contribution >= 4 is 17.7 Å². The Bertz CT molecular complexity index is 591. The number of nitrogens with zero attached hydrogens (tertiary/aromatic N) is 6. The highest BCUT2D eigenvalue weighted by atomic mass is 16.3. The Kier molecular flexibility index (Phi) is 18.8. The second-order valence-corrected chi connectivity index (χ2v) is 9.34. The maximum absolute atomic E-state index is 13.1. The molecule has 0 atom stereocenters. The van der Waals surface area contributed by atoms with E-state index < -0.39 is 0 Å². The summed E-state index contributed by atoms with van der Waals surface area (Å²) < 4.78 is 0. The fourth-order valence-electron chi connectivity index (χ4n) is 4.32. The lowest BCUT2D eigenvalue weighted by Gasteiger charge is -2.42. The van der Waals surface area contributed by atoms with Gasteiger partial charge < -0.3 is 45.3 Å². The minimum absolute atomic E-state index is 0.00258. The highest BCUT2D eigenvalue weighted by Gasteiger charge is 2.32. The molecule has 228 valence electrons. The van der Waals surface area contributed by atoms with E-state index in [-0.39, 0.29) is 96.6 Å². The Morgan fingerprint density at radius 2 is 0.615 bits per heavy atom. The first-order chi connectivity index (χ1) is 18.8. The Balaban J connectivity index is 2.92. The van der Waals surface area contributed by atoms with E-state index in [0.29, 0.717) is 58.9 Å². The first-order valence-electron chi connectivity index (χ1n) is 13.5. The van der Waals surface area contributed by atoms with E-state index in [1.165, 1.54) is 14.7 Å². The second-order valence-electron chi connectivity index (χ2n) is 9.34. The van der Waals surface area contributed by atoms with Gasteiger partial charge in [0, 0.05) is 78.2 Å². The van der Waals surface area contributed by atoms with E-state index in [0.717, 1.165) is 0 Å². The third-order valence-electron chi connectivity index (χ3n) is 6.51. The molecule has 0 aliphatic carbocycles. The van der Waals surface area contributed by atoms with Crippen LogP contribution in [0.4, 0.5) is 0 Å². The van der Waals surface area contributed by atoms with Gasteiger partial charge in [0.2, 0.25) is 17.7 Å². The third-order valence-corrected chi connectivity index (χ3v) is 6.51. The van der Waals surface area contributed by atoms with Gasteiger partial charge in [0.05, 0.1) is 59.6 Å². The van der Waals surface area contributed by atoms with Crippen LogP contribution in [0.3, 0.4) is 0 Å². The Morgan fingerprint density at radius 3 is 0.795 bits per heavy atom. The number of amides is 3. The molecule has 0 aromatic rings. The quantitative estimate of drug-likeness (QED) is 0.0783. The van der Waals surface area contributed by atoms with Gasteiger partial charge in [0.15, 0.2) is 0 Å². The van der Waals surface area contributed by atoms with Crippen LogP contribution in [0.25, 0.3) is 0 Å². The molecule has 0 bridgehead atoms. The molecule has 3 amide bonds. The topological polar surface area (TPSA) is 192 Å². The molecule has 0 aromatic carbocycles. The fraction of sp³-hybridized carbons (Fsp3) is 0.875. The van der Waals surface area contributed by atoms with Crippen molar-refractivity contribution in [3.63, 3.8) is 0 Å². The number of aliphatic hydroxyl groups is 6. The lowest BCUT2D eigenvalue weighted by atomic mass is 10.2. The summed E-state index contributed by atoms with van der Waals surface area (Å²) in [7, 11) is 0. The molecular weight excluding hydrogens is 516 g/mol. The summed E-state index contributed by atoms with van der Waals surface area (Å²) in [6, 6.07) is 0. The molecule has 1 rings (SSSR count). The maximum atomic E-state index is 13.1. The summed E-state index contributed by atoms with van der Waals surface area (Å²) >= 11 is 0. The van der Waals surface area contributed by atoms with Gasteiger partial charge in [-0.05, 0) is 0 Å². The van der Waals surface area contributed by atoms with Crippen LogP contribution < -0.4 is 0 Å². The highest BCUT2D eigenvalue weighted by Crippen LogP contribution is 2.13. The van der Waals surface area contributed by atoms with Crippen molar-refractivity contribution in [2.24, 2.45) is 0 Å². The molecule has 1 aliphatic rings. The first-order valence-corrected chi connectivity index (χ1v) is 13.5. The van der Waals surface area contributed by atoms with Crippen molar-refractivity contribution in [2.45, 2.75) is 19.3 Å². The summed E-state index contributed by atoms with van der Waals surface area (Å²) in [4.78, 5) is 48.8. The van der Waals surface area contributed by atoms with Gasteiger partial charge in [0.25, 0.3) is 0 Å². The van der Waals surface area contributed by atoms with Gasteiger partial charge in [-0.1, -0.05) is 0 Å². The monoisotopic (exact) mass is 564 g/mol. The Morgan fingerprint density at radius 1 is 0.410 bits per heavy atom. The van der Waals surface area contributed by atoms with E-state index in [4.69, 9.17) is 0 Å². The van der Waals surface area contributed by atoms with E-state index in [1.54, 1.807) is 14.7 Å². The lowest BCUT2D eigenvalue weighted by molar-refractivity contribution is -0.159.